The number of halogens is 1. The Hall–Kier alpha value is -3.63. The number of benzene rings is 1. The number of carbonyl (C=O) groups is 1. The number of aromatic nitrogens is 5. The third-order valence-electron chi connectivity index (χ3n) is 3.90. The van der Waals surface area contributed by atoms with Crippen molar-refractivity contribution in [2.75, 3.05) is 5.32 Å². The number of carbonyl (C=O) groups excluding carboxylic acids is 1. The van der Waals surface area contributed by atoms with E-state index in [9.17, 15) is 19.3 Å². The van der Waals surface area contributed by atoms with Crippen LogP contribution in [0.25, 0.3) is 0 Å². The van der Waals surface area contributed by atoms with E-state index >= 15 is 0 Å². The van der Waals surface area contributed by atoms with Crippen LogP contribution in [-0.2, 0) is 17.9 Å². The lowest BCUT2D eigenvalue weighted by atomic mass is 10.2. The molecule has 0 saturated heterocycles. The molecule has 0 fully saturated rings. The van der Waals surface area contributed by atoms with Gasteiger partial charge in [-0.3, -0.25) is 24.9 Å². The summed E-state index contributed by atoms with van der Waals surface area (Å²) in [6.07, 6.45) is 2.59. The van der Waals surface area contributed by atoms with E-state index in [1.54, 1.807) is 25.1 Å². The first-order valence-corrected chi connectivity index (χ1v) is 8.03. The molecule has 0 saturated carbocycles. The third-order valence-corrected chi connectivity index (χ3v) is 3.90. The highest BCUT2D eigenvalue weighted by Gasteiger charge is 2.17. The molecule has 0 atom stereocenters. The fraction of sp³-hybridized carbons (Fsp3) is 0.250. The zero-order valence-corrected chi connectivity index (χ0v) is 14.4. The van der Waals surface area contributed by atoms with Crippen molar-refractivity contribution < 1.29 is 14.1 Å². The highest BCUT2D eigenvalue weighted by molar-refractivity contribution is 5.88. The van der Waals surface area contributed by atoms with Gasteiger partial charge >= 0.3 is 5.69 Å². The second kappa shape index (κ2) is 7.72. The van der Waals surface area contributed by atoms with E-state index in [2.05, 4.69) is 20.5 Å². The van der Waals surface area contributed by atoms with E-state index in [0.717, 1.165) is 6.20 Å². The number of nitro groups is 1. The van der Waals surface area contributed by atoms with Crippen molar-refractivity contribution in [1.82, 2.24) is 24.5 Å². The molecule has 140 valence electrons. The Morgan fingerprint density at radius 1 is 1.37 bits per heavy atom. The lowest BCUT2D eigenvalue weighted by Gasteiger charge is -2.04. The lowest BCUT2D eigenvalue weighted by Crippen LogP contribution is -2.16. The van der Waals surface area contributed by atoms with E-state index in [0.29, 0.717) is 11.3 Å². The maximum atomic E-state index is 13.7. The predicted octanol–water partition coefficient (Wildman–Crippen LogP) is 1.91. The number of hydrogen-bond donors (Lipinski definition) is 1. The zero-order valence-electron chi connectivity index (χ0n) is 14.4. The van der Waals surface area contributed by atoms with Crippen LogP contribution >= 0.6 is 0 Å². The summed E-state index contributed by atoms with van der Waals surface area (Å²) < 4.78 is 16.5. The first-order valence-electron chi connectivity index (χ1n) is 8.03. The summed E-state index contributed by atoms with van der Waals surface area (Å²) >= 11 is 0. The van der Waals surface area contributed by atoms with Crippen molar-refractivity contribution in [1.29, 1.82) is 0 Å². The molecule has 0 aliphatic rings. The normalized spacial score (nSPS) is 10.7. The smallest absolute Gasteiger partial charge is 0.293 e. The van der Waals surface area contributed by atoms with Crippen LogP contribution in [0.3, 0.4) is 0 Å². The van der Waals surface area contributed by atoms with E-state index in [1.165, 1.54) is 21.8 Å². The van der Waals surface area contributed by atoms with Crippen LogP contribution in [0.5, 0.6) is 0 Å². The second-order valence-electron chi connectivity index (χ2n) is 5.75. The van der Waals surface area contributed by atoms with Crippen LogP contribution in [0.15, 0.2) is 36.8 Å². The Morgan fingerprint density at radius 3 is 2.85 bits per heavy atom. The standard InChI is InChI=1S/C16H16FN7O3/c1-11-14(24(26)27)8-19-23(11)7-6-15(25)20-16-18-10-22(21-16)9-12-4-2-3-5-13(12)17/h2-5,8,10H,6-7,9H2,1H3,(H,20,21,25). The monoisotopic (exact) mass is 373 g/mol. The minimum absolute atomic E-state index is 0.0432. The number of hydrogen-bond acceptors (Lipinski definition) is 6. The number of amides is 1. The number of nitrogens with zero attached hydrogens (tertiary/aromatic N) is 6. The minimum atomic E-state index is -0.523. The molecule has 0 aliphatic heterocycles. The average Bonchev–Trinajstić information content (AvgIpc) is 3.21. The lowest BCUT2D eigenvalue weighted by molar-refractivity contribution is -0.385. The van der Waals surface area contributed by atoms with Gasteiger partial charge in [0.2, 0.25) is 11.9 Å². The summed E-state index contributed by atoms with van der Waals surface area (Å²) in [5.74, 6) is -0.613. The Kier molecular flexibility index (Phi) is 5.20. The molecule has 27 heavy (non-hydrogen) atoms. The molecule has 2 heterocycles. The number of anilines is 1. The van der Waals surface area contributed by atoms with E-state index < -0.39 is 4.92 Å². The van der Waals surface area contributed by atoms with Crippen molar-refractivity contribution in [2.24, 2.45) is 0 Å². The van der Waals surface area contributed by atoms with Crippen molar-refractivity contribution >= 4 is 17.5 Å². The van der Waals surface area contributed by atoms with E-state index in [4.69, 9.17) is 0 Å². The molecule has 0 bridgehead atoms. The van der Waals surface area contributed by atoms with Gasteiger partial charge in [-0.05, 0) is 13.0 Å². The number of aryl methyl sites for hydroxylation is 1. The zero-order chi connectivity index (χ0) is 19.4. The van der Waals surface area contributed by atoms with Crippen LogP contribution in [0.4, 0.5) is 16.0 Å². The van der Waals surface area contributed by atoms with Gasteiger partial charge in [-0.1, -0.05) is 18.2 Å². The quantitative estimate of drug-likeness (QED) is 0.499. The molecule has 2 aromatic heterocycles. The molecule has 3 aromatic rings. The molecule has 10 nitrogen and oxygen atoms in total. The third kappa shape index (κ3) is 4.32. The SMILES string of the molecule is Cc1c([N+](=O)[O-])cnn1CCC(=O)Nc1ncn(Cc2ccccc2F)n1. The highest BCUT2D eigenvalue weighted by atomic mass is 19.1. The predicted molar refractivity (Wildman–Crippen MR) is 92.4 cm³/mol. The molecule has 1 N–H and O–H groups in total. The molecule has 1 aromatic carbocycles. The maximum Gasteiger partial charge on any atom is 0.309 e. The van der Waals surface area contributed by atoms with E-state index in [-0.39, 0.29) is 42.9 Å². The first kappa shape index (κ1) is 18.2. The summed E-state index contributed by atoms with van der Waals surface area (Å²) in [6.45, 7) is 1.93. The Balaban J connectivity index is 1.55. The van der Waals surface area contributed by atoms with Gasteiger partial charge in [0.25, 0.3) is 0 Å². The molecule has 11 heteroatoms. The molecule has 0 radical (unpaired) electrons. The van der Waals surface area contributed by atoms with Crippen LogP contribution in [0, 0.1) is 22.9 Å². The van der Waals surface area contributed by atoms with Gasteiger partial charge in [0.1, 0.15) is 24.0 Å². The Morgan fingerprint density at radius 2 is 2.15 bits per heavy atom. The van der Waals surface area contributed by atoms with E-state index in [1.807, 2.05) is 0 Å². The molecular weight excluding hydrogens is 357 g/mol. The van der Waals surface area contributed by atoms with Gasteiger partial charge in [0, 0.05) is 12.0 Å². The molecular formula is C16H16FN7O3. The van der Waals surface area contributed by atoms with Crippen molar-refractivity contribution in [2.45, 2.75) is 26.4 Å². The van der Waals surface area contributed by atoms with Crippen LogP contribution in [0.1, 0.15) is 17.7 Å². The fourth-order valence-electron chi connectivity index (χ4n) is 2.47. The molecule has 0 unspecified atom stereocenters. The van der Waals surface area contributed by atoms with Gasteiger partial charge in [0.05, 0.1) is 18.0 Å². The van der Waals surface area contributed by atoms with Crippen LogP contribution in [-0.4, -0.2) is 35.4 Å². The Bertz CT molecular complexity index is 982. The summed E-state index contributed by atoms with van der Waals surface area (Å²) in [5, 5.41) is 21.3. The Labute approximate surface area is 152 Å². The largest absolute Gasteiger partial charge is 0.309 e. The maximum absolute atomic E-state index is 13.7. The summed E-state index contributed by atoms with van der Waals surface area (Å²) in [5.41, 5.74) is 0.736. The van der Waals surface area contributed by atoms with Crippen molar-refractivity contribution in [3.05, 3.63) is 64.0 Å². The number of rotatable bonds is 7. The highest BCUT2D eigenvalue weighted by Crippen LogP contribution is 2.16. The van der Waals surface area contributed by atoms with Gasteiger partial charge in [-0.2, -0.15) is 5.10 Å². The molecule has 1 amide bonds. The van der Waals surface area contributed by atoms with Crippen LogP contribution in [0.2, 0.25) is 0 Å². The molecule has 3 rings (SSSR count). The molecule has 0 spiro atoms. The van der Waals surface area contributed by atoms with Gasteiger partial charge in [-0.15, -0.1) is 5.10 Å². The molecule has 0 aliphatic carbocycles. The van der Waals surface area contributed by atoms with Gasteiger partial charge in [0.15, 0.2) is 0 Å². The number of nitrogens with one attached hydrogen (secondary N) is 1. The van der Waals surface area contributed by atoms with Crippen molar-refractivity contribution in [3.8, 4) is 0 Å². The first-order chi connectivity index (χ1) is 12.9. The van der Waals surface area contributed by atoms with Gasteiger partial charge in [-0.25, -0.2) is 14.1 Å². The fourth-order valence-corrected chi connectivity index (χ4v) is 2.47. The summed E-state index contributed by atoms with van der Waals surface area (Å²) in [6, 6.07) is 6.32. The van der Waals surface area contributed by atoms with Crippen LogP contribution < -0.4 is 5.32 Å². The summed E-state index contributed by atoms with van der Waals surface area (Å²) in [7, 11) is 0. The average molecular weight is 373 g/mol. The topological polar surface area (TPSA) is 121 Å². The summed E-state index contributed by atoms with van der Waals surface area (Å²) in [4.78, 5) is 26.3. The second-order valence-corrected chi connectivity index (χ2v) is 5.75. The van der Waals surface area contributed by atoms with Gasteiger partial charge < -0.3 is 0 Å². The minimum Gasteiger partial charge on any atom is -0.293 e. The van der Waals surface area contributed by atoms with Crippen molar-refractivity contribution in [3.63, 3.8) is 0 Å².